The van der Waals surface area contributed by atoms with Gasteiger partial charge in [-0.05, 0) is 31.9 Å². The lowest BCUT2D eigenvalue weighted by Crippen LogP contribution is -2.55. The second kappa shape index (κ2) is 7.92. The topological polar surface area (TPSA) is 105 Å². The molecule has 7 nitrogen and oxygen atoms in total. The molecule has 144 valence electrons. The van der Waals surface area contributed by atoms with E-state index in [1.54, 1.807) is 4.90 Å². The molecule has 4 N–H and O–H groups in total. The highest BCUT2D eigenvalue weighted by molar-refractivity contribution is 5.97. The monoisotopic (exact) mass is 364 g/mol. The van der Waals surface area contributed by atoms with Crippen LogP contribution in [0.3, 0.4) is 0 Å². The summed E-state index contributed by atoms with van der Waals surface area (Å²) in [6.07, 6.45) is 0.112. The van der Waals surface area contributed by atoms with Gasteiger partial charge in [-0.15, -0.1) is 0 Å². The molecule has 0 saturated carbocycles. The zero-order chi connectivity index (χ0) is 18.7. The number of hydrogen-bond acceptors (Lipinski definition) is 6. The number of aliphatic hydroxyl groups excluding tert-OH is 2. The summed E-state index contributed by atoms with van der Waals surface area (Å²) in [6, 6.07) is 5.57. The smallest absolute Gasteiger partial charge is 0.257 e. The Morgan fingerprint density at radius 1 is 1.35 bits per heavy atom. The molecule has 0 radical (unpaired) electrons. The third kappa shape index (κ3) is 4.01. The SMILES string of the molecule is Cc1ccc(OCCN)c(C(=O)N2CCC3(CC2)C[C@@H](O)[C@@H](O)CO3)c1. The normalized spacial score (nSPS) is 25.3. The molecule has 1 aromatic carbocycles. The maximum Gasteiger partial charge on any atom is 0.257 e. The fraction of sp³-hybridized carbons (Fsp3) is 0.632. The van der Waals surface area contributed by atoms with Crippen LogP contribution in [-0.2, 0) is 4.74 Å². The van der Waals surface area contributed by atoms with Crippen molar-refractivity contribution < 1.29 is 24.5 Å². The molecule has 1 spiro atoms. The second-order valence-electron chi connectivity index (χ2n) is 7.26. The van der Waals surface area contributed by atoms with Gasteiger partial charge in [-0.25, -0.2) is 0 Å². The third-order valence-corrected chi connectivity index (χ3v) is 5.29. The summed E-state index contributed by atoms with van der Waals surface area (Å²) < 4.78 is 11.5. The molecule has 2 fully saturated rings. The summed E-state index contributed by atoms with van der Waals surface area (Å²) in [5, 5.41) is 19.6. The number of aliphatic hydroxyl groups is 2. The molecule has 0 unspecified atom stereocenters. The van der Waals surface area contributed by atoms with Crippen molar-refractivity contribution in [3.8, 4) is 5.75 Å². The van der Waals surface area contributed by atoms with Crippen LogP contribution in [0.25, 0.3) is 0 Å². The van der Waals surface area contributed by atoms with Crippen molar-refractivity contribution >= 4 is 5.91 Å². The van der Waals surface area contributed by atoms with Crippen molar-refractivity contribution in [1.82, 2.24) is 4.90 Å². The minimum Gasteiger partial charge on any atom is -0.491 e. The highest BCUT2D eigenvalue weighted by Gasteiger charge is 2.43. The lowest BCUT2D eigenvalue weighted by molar-refractivity contribution is -0.185. The Bertz CT molecular complexity index is 643. The van der Waals surface area contributed by atoms with Gasteiger partial charge in [0.05, 0.1) is 23.9 Å². The van der Waals surface area contributed by atoms with Gasteiger partial charge < -0.3 is 30.3 Å². The molecule has 1 aromatic rings. The number of amides is 1. The first kappa shape index (κ1) is 19.1. The number of piperidine rings is 1. The molecule has 0 aliphatic carbocycles. The number of rotatable bonds is 4. The Morgan fingerprint density at radius 3 is 2.73 bits per heavy atom. The molecule has 7 heteroatoms. The predicted octanol–water partition coefficient (Wildman–Crippen LogP) is 0.449. The molecular formula is C19H28N2O5. The van der Waals surface area contributed by atoms with Crippen molar-refractivity contribution in [2.75, 3.05) is 32.8 Å². The van der Waals surface area contributed by atoms with Crippen LogP contribution >= 0.6 is 0 Å². The summed E-state index contributed by atoms with van der Waals surface area (Å²) in [7, 11) is 0. The number of likely N-dealkylation sites (tertiary alicyclic amines) is 1. The van der Waals surface area contributed by atoms with Crippen molar-refractivity contribution in [2.45, 2.75) is 44.0 Å². The average Bonchev–Trinajstić information content (AvgIpc) is 2.64. The van der Waals surface area contributed by atoms with E-state index < -0.39 is 17.8 Å². The van der Waals surface area contributed by atoms with E-state index in [2.05, 4.69) is 0 Å². The number of nitrogens with zero attached hydrogens (tertiary/aromatic N) is 1. The van der Waals surface area contributed by atoms with Gasteiger partial charge >= 0.3 is 0 Å². The number of aryl methyl sites for hydroxylation is 1. The van der Waals surface area contributed by atoms with E-state index in [1.165, 1.54) is 0 Å². The number of carbonyl (C=O) groups is 1. The summed E-state index contributed by atoms with van der Waals surface area (Å²) in [5.41, 5.74) is 6.60. The van der Waals surface area contributed by atoms with E-state index in [0.717, 1.165) is 5.56 Å². The lowest BCUT2D eigenvalue weighted by atomic mass is 9.82. The molecule has 0 aromatic heterocycles. The van der Waals surface area contributed by atoms with Crippen LogP contribution in [0.15, 0.2) is 18.2 Å². The summed E-state index contributed by atoms with van der Waals surface area (Å²) in [4.78, 5) is 14.8. The van der Waals surface area contributed by atoms with Gasteiger partial charge in [0, 0.05) is 26.1 Å². The van der Waals surface area contributed by atoms with Crippen LogP contribution in [0.2, 0.25) is 0 Å². The predicted molar refractivity (Wildman–Crippen MR) is 96.2 cm³/mol. The lowest BCUT2D eigenvalue weighted by Gasteiger charge is -2.46. The second-order valence-corrected chi connectivity index (χ2v) is 7.26. The third-order valence-electron chi connectivity index (χ3n) is 5.29. The standard InChI is InChI=1S/C19H28N2O5/c1-13-2-3-17(25-9-6-20)14(10-13)18(24)21-7-4-19(5-8-21)11-15(22)16(23)12-26-19/h2-3,10,15-16,22-23H,4-9,11-12,20H2,1H3/t15-,16+/m1/s1. The molecule has 2 atom stereocenters. The first-order valence-electron chi connectivity index (χ1n) is 9.17. The molecule has 1 amide bonds. The summed E-state index contributed by atoms with van der Waals surface area (Å²) in [5.74, 6) is 0.491. The zero-order valence-electron chi connectivity index (χ0n) is 15.2. The zero-order valence-corrected chi connectivity index (χ0v) is 15.2. The fourth-order valence-electron chi connectivity index (χ4n) is 3.69. The van der Waals surface area contributed by atoms with Gasteiger partial charge in [-0.1, -0.05) is 11.6 Å². The summed E-state index contributed by atoms with van der Waals surface area (Å²) >= 11 is 0. The van der Waals surface area contributed by atoms with Crippen LogP contribution in [0, 0.1) is 6.92 Å². The van der Waals surface area contributed by atoms with E-state index in [0.29, 0.717) is 56.8 Å². The number of nitrogens with two attached hydrogens (primary N) is 1. The molecular weight excluding hydrogens is 336 g/mol. The maximum atomic E-state index is 13.0. The van der Waals surface area contributed by atoms with Crippen molar-refractivity contribution in [2.24, 2.45) is 5.73 Å². The largest absolute Gasteiger partial charge is 0.491 e. The van der Waals surface area contributed by atoms with Gasteiger partial charge in [0.25, 0.3) is 5.91 Å². The Hall–Kier alpha value is -1.67. The molecule has 26 heavy (non-hydrogen) atoms. The van der Waals surface area contributed by atoms with E-state index in [4.69, 9.17) is 15.2 Å². The van der Waals surface area contributed by atoms with E-state index in [-0.39, 0.29) is 12.5 Å². The van der Waals surface area contributed by atoms with Crippen LogP contribution in [0.4, 0.5) is 0 Å². The average molecular weight is 364 g/mol. The minimum atomic E-state index is -0.824. The van der Waals surface area contributed by atoms with E-state index >= 15 is 0 Å². The molecule has 3 rings (SSSR count). The molecule has 2 heterocycles. The highest BCUT2D eigenvalue weighted by Crippen LogP contribution is 2.36. The van der Waals surface area contributed by atoms with Crippen LogP contribution in [0.5, 0.6) is 5.75 Å². The van der Waals surface area contributed by atoms with Crippen molar-refractivity contribution in [1.29, 1.82) is 0 Å². The number of carbonyl (C=O) groups excluding carboxylic acids is 1. The number of hydrogen-bond donors (Lipinski definition) is 3. The Balaban J connectivity index is 1.68. The van der Waals surface area contributed by atoms with Gasteiger partial charge in [0.2, 0.25) is 0 Å². The first-order chi connectivity index (χ1) is 12.4. The molecule has 0 bridgehead atoms. The highest BCUT2D eigenvalue weighted by atomic mass is 16.5. The Labute approximate surface area is 153 Å². The maximum absolute atomic E-state index is 13.0. The van der Waals surface area contributed by atoms with E-state index in [1.807, 2.05) is 25.1 Å². The van der Waals surface area contributed by atoms with Crippen LogP contribution < -0.4 is 10.5 Å². The first-order valence-corrected chi connectivity index (χ1v) is 9.17. The van der Waals surface area contributed by atoms with Gasteiger partial charge in [-0.2, -0.15) is 0 Å². The number of benzene rings is 1. The van der Waals surface area contributed by atoms with Crippen LogP contribution in [-0.4, -0.2) is 71.7 Å². The Kier molecular flexibility index (Phi) is 5.82. The molecule has 2 saturated heterocycles. The van der Waals surface area contributed by atoms with Crippen LogP contribution in [0.1, 0.15) is 35.2 Å². The molecule has 2 aliphatic heterocycles. The van der Waals surface area contributed by atoms with Gasteiger partial charge in [0.15, 0.2) is 0 Å². The quantitative estimate of drug-likeness (QED) is 0.716. The fourth-order valence-corrected chi connectivity index (χ4v) is 3.69. The van der Waals surface area contributed by atoms with Crippen molar-refractivity contribution in [3.05, 3.63) is 29.3 Å². The Morgan fingerprint density at radius 2 is 2.08 bits per heavy atom. The van der Waals surface area contributed by atoms with Crippen molar-refractivity contribution in [3.63, 3.8) is 0 Å². The molecule has 2 aliphatic rings. The minimum absolute atomic E-state index is 0.0630. The van der Waals surface area contributed by atoms with Gasteiger partial charge in [-0.3, -0.25) is 4.79 Å². The van der Waals surface area contributed by atoms with E-state index in [9.17, 15) is 15.0 Å². The van der Waals surface area contributed by atoms with Gasteiger partial charge in [0.1, 0.15) is 18.5 Å². The number of ether oxygens (including phenoxy) is 2. The summed E-state index contributed by atoms with van der Waals surface area (Å²) in [6.45, 7) is 3.93.